The van der Waals surface area contributed by atoms with Gasteiger partial charge in [0.15, 0.2) is 0 Å². The van der Waals surface area contributed by atoms with Crippen LogP contribution in [0.5, 0.6) is 0 Å². The highest BCUT2D eigenvalue weighted by Crippen LogP contribution is 2.59. The summed E-state index contributed by atoms with van der Waals surface area (Å²) in [7, 11) is -0.0136. The second-order valence-electron chi connectivity index (χ2n) is 2.73. The van der Waals surface area contributed by atoms with Crippen molar-refractivity contribution in [3.05, 3.63) is 0 Å². The molecule has 0 aromatic heterocycles. The number of rotatable bonds is 1. The first-order valence-corrected chi connectivity index (χ1v) is 3.52. The summed E-state index contributed by atoms with van der Waals surface area (Å²) < 4.78 is 112. The molecule has 0 saturated carbocycles. The van der Waals surface area contributed by atoms with Gasteiger partial charge in [-0.05, 0) is 0 Å². The van der Waals surface area contributed by atoms with Gasteiger partial charge in [0.1, 0.15) is 0 Å². The Kier molecular flexibility index (Phi) is 3.68. The summed E-state index contributed by atoms with van der Waals surface area (Å²) in [4.78, 5) is 10.4. The maximum atomic E-state index is 12.1. The number of methoxy groups -OCH3 is 1. The lowest BCUT2D eigenvalue weighted by molar-refractivity contribution is -0.411. The fourth-order valence-electron chi connectivity index (χ4n) is 0.982. The van der Waals surface area contributed by atoms with E-state index in [9.17, 15) is 44.3 Å². The van der Waals surface area contributed by atoms with Crippen molar-refractivity contribution in [2.45, 2.75) is 18.5 Å². The Morgan fingerprint density at radius 3 is 1.06 bits per heavy atom. The molecule has 0 saturated heterocycles. The first-order valence-electron chi connectivity index (χ1n) is 3.52. The summed E-state index contributed by atoms with van der Waals surface area (Å²) in [6.45, 7) is 0. The Labute approximate surface area is 87.3 Å². The molecule has 0 aliphatic heterocycles. The summed E-state index contributed by atoms with van der Waals surface area (Å²) in [6, 6.07) is 0. The highest BCUT2D eigenvalue weighted by Gasteiger charge is 2.89. The summed E-state index contributed by atoms with van der Waals surface area (Å²) >= 11 is 0. The Morgan fingerprint density at radius 1 is 0.765 bits per heavy atom. The Morgan fingerprint density at radius 2 is 1.00 bits per heavy atom. The van der Waals surface area contributed by atoms with E-state index < -0.39 is 29.9 Å². The zero-order chi connectivity index (χ0) is 14.3. The molecule has 0 rings (SSSR count). The summed E-state index contributed by atoms with van der Waals surface area (Å²) in [6.07, 6.45) is -20.8. The van der Waals surface area contributed by atoms with Crippen LogP contribution in [0.1, 0.15) is 0 Å². The lowest BCUT2D eigenvalue weighted by Crippen LogP contribution is -2.64. The van der Waals surface area contributed by atoms with Gasteiger partial charge in [-0.15, -0.1) is 0 Å². The van der Waals surface area contributed by atoms with Crippen molar-refractivity contribution in [1.82, 2.24) is 0 Å². The third-order valence-corrected chi connectivity index (χ3v) is 1.77. The molecule has 0 radical (unpaired) electrons. The van der Waals surface area contributed by atoms with Crippen molar-refractivity contribution < 1.29 is 49.0 Å². The van der Waals surface area contributed by atoms with Crippen molar-refractivity contribution in [2.24, 2.45) is 5.41 Å². The molecule has 11 heteroatoms. The van der Waals surface area contributed by atoms with Gasteiger partial charge in [-0.25, -0.2) is 0 Å². The molecule has 0 spiro atoms. The van der Waals surface area contributed by atoms with Crippen LogP contribution >= 0.6 is 0 Å². The van der Waals surface area contributed by atoms with Crippen LogP contribution in [0.4, 0.5) is 39.5 Å². The average molecular weight is 278 g/mol. The molecular formula is C6H3F9O2. The molecule has 2 nitrogen and oxygen atoms in total. The molecule has 0 amide bonds. The standard InChI is InChI=1S/C6H3F9O2/c1-17-2(16)3(4(7,8)9,5(10,11)12)6(13,14)15/h1H3. The third-order valence-electron chi connectivity index (χ3n) is 1.77. The Hall–Kier alpha value is -1.16. The topological polar surface area (TPSA) is 26.3 Å². The van der Waals surface area contributed by atoms with Crippen molar-refractivity contribution in [3.8, 4) is 0 Å². The minimum Gasteiger partial charge on any atom is -0.468 e. The van der Waals surface area contributed by atoms with Crippen LogP contribution in [0.3, 0.4) is 0 Å². The average Bonchev–Trinajstić information content (AvgIpc) is 1.95. The monoisotopic (exact) mass is 278 g/mol. The first kappa shape index (κ1) is 15.8. The zero-order valence-electron chi connectivity index (χ0n) is 7.72. The minimum absolute atomic E-state index is 0.0136. The molecule has 0 aromatic carbocycles. The van der Waals surface area contributed by atoms with Gasteiger partial charge < -0.3 is 4.74 Å². The number of carbonyl (C=O) groups excluding carboxylic acids is 1. The van der Waals surface area contributed by atoms with E-state index in [1.165, 1.54) is 0 Å². The van der Waals surface area contributed by atoms with Crippen molar-refractivity contribution >= 4 is 5.97 Å². The molecule has 0 aliphatic carbocycles. The second-order valence-corrected chi connectivity index (χ2v) is 2.73. The number of hydrogen-bond acceptors (Lipinski definition) is 2. The third kappa shape index (κ3) is 2.14. The van der Waals surface area contributed by atoms with Crippen molar-refractivity contribution in [3.63, 3.8) is 0 Å². The fourth-order valence-corrected chi connectivity index (χ4v) is 0.982. The number of halogens is 9. The summed E-state index contributed by atoms with van der Waals surface area (Å²) in [5, 5.41) is 0. The molecule has 0 aliphatic rings. The van der Waals surface area contributed by atoms with Gasteiger partial charge in [-0.2, -0.15) is 39.5 Å². The van der Waals surface area contributed by atoms with Crippen molar-refractivity contribution in [1.29, 1.82) is 0 Å². The van der Waals surface area contributed by atoms with E-state index in [4.69, 9.17) is 0 Å². The number of alkyl halides is 9. The van der Waals surface area contributed by atoms with E-state index in [0.717, 1.165) is 0 Å². The SMILES string of the molecule is COC(=O)C(C(F)(F)F)(C(F)(F)F)C(F)(F)F. The molecule has 0 unspecified atom stereocenters. The minimum atomic E-state index is -6.92. The predicted molar refractivity (Wildman–Crippen MR) is 32.6 cm³/mol. The van der Waals surface area contributed by atoms with Crippen LogP contribution < -0.4 is 0 Å². The van der Waals surface area contributed by atoms with Crippen LogP contribution in [0, 0.1) is 5.41 Å². The summed E-state index contributed by atoms with van der Waals surface area (Å²) in [5.74, 6) is -3.48. The highest BCUT2D eigenvalue weighted by atomic mass is 19.4. The van der Waals surface area contributed by atoms with E-state index in [0.29, 0.717) is 0 Å². The van der Waals surface area contributed by atoms with E-state index in [-0.39, 0.29) is 7.11 Å². The van der Waals surface area contributed by atoms with Crippen LogP contribution in [0.15, 0.2) is 0 Å². The fraction of sp³-hybridized carbons (Fsp3) is 0.833. The zero-order valence-corrected chi connectivity index (χ0v) is 7.72. The van der Waals surface area contributed by atoms with Gasteiger partial charge in [-0.1, -0.05) is 0 Å². The molecular weight excluding hydrogens is 275 g/mol. The molecule has 0 aromatic rings. The molecule has 0 N–H and O–H groups in total. The maximum absolute atomic E-state index is 12.1. The molecule has 102 valence electrons. The van der Waals surface area contributed by atoms with Crippen LogP contribution in [0.25, 0.3) is 0 Å². The largest absolute Gasteiger partial charge is 0.468 e. The highest BCUT2D eigenvalue weighted by molar-refractivity contribution is 5.80. The van der Waals surface area contributed by atoms with Gasteiger partial charge in [0.2, 0.25) is 0 Å². The predicted octanol–water partition coefficient (Wildman–Crippen LogP) is 2.83. The maximum Gasteiger partial charge on any atom is 0.422 e. The van der Waals surface area contributed by atoms with Gasteiger partial charge >= 0.3 is 29.9 Å². The number of esters is 1. The van der Waals surface area contributed by atoms with E-state index in [1.54, 1.807) is 0 Å². The number of hydrogen-bond donors (Lipinski definition) is 0. The molecule has 0 fully saturated rings. The van der Waals surface area contributed by atoms with Crippen LogP contribution in [-0.2, 0) is 9.53 Å². The number of ether oxygens (including phenoxy) is 1. The molecule has 0 bridgehead atoms. The van der Waals surface area contributed by atoms with Crippen LogP contribution in [-0.4, -0.2) is 31.6 Å². The van der Waals surface area contributed by atoms with E-state index in [1.807, 2.05) is 0 Å². The lowest BCUT2D eigenvalue weighted by atomic mass is 9.85. The van der Waals surface area contributed by atoms with Gasteiger partial charge in [0, 0.05) is 0 Å². The normalized spacial score (nSPS) is 14.7. The van der Waals surface area contributed by atoms with Gasteiger partial charge in [0.05, 0.1) is 7.11 Å². The molecule has 0 atom stereocenters. The van der Waals surface area contributed by atoms with Gasteiger partial charge in [0.25, 0.3) is 0 Å². The Balaban J connectivity index is 6.24. The van der Waals surface area contributed by atoms with E-state index >= 15 is 0 Å². The van der Waals surface area contributed by atoms with E-state index in [2.05, 4.69) is 4.74 Å². The quantitative estimate of drug-likeness (QED) is 0.544. The summed E-state index contributed by atoms with van der Waals surface area (Å²) in [5.41, 5.74) is -6.54. The number of carbonyl (C=O) groups is 1. The lowest BCUT2D eigenvalue weighted by Gasteiger charge is -2.35. The Bertz CT molecular complexity index is 260. The van der Waals surface area contributed by atoms with Crippen LogP contribution in [0.2, 0.25) is 0 Å². The molecule has 17 heavy (non-hydrogen) atoms. The smallest absolute Gasteiger partial charge is 0.422 e. The van der Waals surface area contributed by atoms with Gasteiger partial charge in [-0.3, -0.25) is 4.79 Å². The first-order chi connectivity index (χ1) is 7.23. The second kappa shape index (κ2) is 3.95. The molecule has 0 heterocycles. The van der Waals surface area contributed by atoms with Crippen molar-refractivity contribution in [2.75, 3.05) is 7.11 Å².